The molecule has 0 aliphatic carbocycles. The van der Waals surface area contributed by atoms with E-state index in [-0.39, 0.29) is 25.0 Å². The Morgan fingerprint density at radius 3 is 1.92 bits per heavy atom. The molecule has 0 saturated carbocycles. The Bertz CT molecular complexity index is 1090. The zero-order valence-corrected chi connectivity index (χ0v) is 19.9. The van der Waals surface area contributed by atoms with Crippen LogP contribution >= 0.6 is 0 Å². The van der Waals surface area contributed by atoms with Crippen LogP contribution in [0.2, 0.25) is 0 Å². The molecular formula is C25H30N4O8. The van der Waals surface area contributed by atoms with Crippen molar-refractivity contribution >= 4 is 29.7 Å². The molecule has 12 heteroatoms. The number of carboxylic acid groups (broad SMARTS) is 2. The molecule has 0 radical (unpaired) electrons. The van der Waals surface area contributed by atoms with E-state index in [4.69, 9.17) is 15.9 Å². The van der Waals surface area contributed by atoms with Gasteiger partial charge in [-0.05, 0) is 36.1 Å². The number of carbonyl (C=O) groups is 5. The number of benzene rings is 2. The van der Waals surface area contributed by atoms with Gasteiger partial charge in [-0.2, -0.15) is 0 Å². The van der Waals surface area contributed by atoms with Crippen LogP contribution in [-0.4, -0.2) is 69.7 Å². The van der Waals surface area contributed by atoms with Crippen LogP contribution in [0.5, 0.6) is 5.75 Å². The van der Waals surface area contributed by atoms with Gasteiger partial charge in [0.25, 0.3) is 0 Å². The van der Waals surface area contributed by atoms with Crippen LogP contribution in [0.4, 0.5) is 0 Å². The molecule has 12 nitrogen and oxygen atoms in total. The minimum absolute atomic E-state index is 0.0258. The molecule has 2 rings (SSSR count). The van der Waals surface area contributed by atoms with Crippen LogP contribution in [0.3, 0.4) is 0 Å². The quantitative estimate of drug-likeness (QED) is 0.174. The summed E-state index contributed by atoms with van der Waals surface area (Å²) < 4.78 is 0. The lowest BCUT2D eigenvalue weighted by molar-refractivity contribution is -0.138. The van der Waals surface area contributed by atoms with E-state index in [1.807, 2.05) is 0 Å². The van der Waals surface area contributed by atoms with Crippen molar-refractivity contribution in [3.63, 3.8) is 0 Å². The summed E-state index contributed by atoms with van der Waals surface area (Å²) in [5.74, 6) is -4.71. The topological polar surface area (TPSA) is 208 Å². The Balaban J connectivity index is 2.14. The second kappa shape index (κ2) is 14.2. The molecule has 2 aromatic rings. The highest BCUT2D eigenvalue weighted by Crippen LogP contribution is 2.11. The molecule has 0 spiro atoms. The van der Waals surface area contributed by atoms with Crippen molar-refractivity contribution in [1.29, 1.82) is 0 Å². The van der Waals surface area contributed by atoms with Crippen LogP contribution < -0.4 is 21.7 Å². The van der Waals surface area contributed by atoms with Gasteiger partial charge < -0.3 is 37.0 Å². The number of hydrogen-bond acceptors (Lipinski definition) is 7. The SMILES string of the molecule is NC(Cc1ccc(O)cc1)C(=O)NC(CCC(=O)O)C(=O)NC(Cc1ccccc1)C(=O)NCC(=O)O. The van der Waals surface area contributed by atoms with E-state index >= 15 is 0 Å². The van der Waals surface area contributed by atoms with Gasteiger partial charge in [-0.1, -0.05) is 42.5 Å². The molecular weight excluding hydrogens is 484 g/mol. The molecule has 0 heterocycles. The van der Waals surface area contributed by atoms with Crippen molar-refractivity contribution in [3.05, 3.63) is 65.7 Å². The molecule has 0 aliphatic heterocycles. The number of aromatic hydroxyl groups is 1. The predicted octanol–water partition coefficient (Wildman–Crippen LogP) is -0.460. The number of carbonyl (C=O) groups excluding carboxylic acids is 3. The van der Waals surface area contributed by atoms with Crippen molar-refractivity contribution in [2.75, 3.05) is 6.54 Å². The van der Waals surface area contributed by atoms with Gasteiger partial charge in [-0.25, -0.2) is 0 Å². The predicted molar refractivity (Wildman–Crippen MR) is 131 cm³/mol. The number of amides is 3. The van der Waals surface area contributed by atoms with Gasteiger partial charge in [0.1, 0.15) is 24.4 Å². The number of aliphatic carboxylic acids is 2. The standard InChI is InChI=1S/C25H30N4O8/c26-18(12-16-6-8-17(30)9-7-16)23(35)28-19(10-11-21(31)32)25(37)29-20(24(36)27-14-22(33)34)13-15-4-2-1-3-5-15/h1-9,18-20,30H,10-14,26H2,(H,27,36)(H,28,35)(H,29,37)(H,31,32)(H,33,34). The minimum Gasteiger partial charge on any atom is -0.508 e. The van der Waals surface area contributed by atoms with E-state index in [1.54, 1.807) is 42.5 Å². The van der Waals surface area contributed by atoms with Gasteiger partial charge >= 0.3 is 11.9 Å². The lowest BCUT2D eigenvalue weighted by atomic mass is 10.0. The monoisotopic (exact) mass is 514 g/mol. The average Bonchev–Trinajstić information content (AvgIpc) is 2.86. The Hall–Kier alpha value is -4.45. The molecule has 0 bridgehead atoms. The maximum Gasteiger partial charge on any atom is 0.322 e. The highest BCUT2D eigenvalue weighted by atomic mass is 16.4. The fourth-order valence-electron chi connectivity index (χ4n) is 3.41. The highest BCUT2D eigenvalue weighted by Gasteiger charge is 2.29. The molecule has 198 valence electrons. The van der Waals surface area contributed by atoms with Crippen LogP contribution in [-0.2, 0) is 36.8 Å². The summed E-state index contributed by atoms with van der Waals surface area (Å²) in [7, 11) is 0. The largest absolute Gasteiger partial charge is 0.508 e. The molecule has 3 atom stereocenters. The van der Waals surface area contributed by atoms with Gasteiger partial charge in [0.05, 0.1) is 6.04 Å². The van der Waals surface area contributed by atoms with Crippen molar-refractivity contribution < 1.29 is 39.3 Å². The van der Waals surface area contributed by atoms with E-state index in [0.717, 1.165) is 0 Å². The zero-order chi connectivity index (χ0) is 27.4. The number of phenolic OH excluding ortho intramolecular Hbond substituents is 1. The summed E-state index contributed by atoms with van der Waals surface area (Å²) in [6.45, 7) is -0.661. The van der Waals surface area contributed by atoms with Crippen LogP contribution in [0.25, 0.3) is 0 Å². The van der Waals surface area contributed by atoms with E-state index in [2.05, 4.69) is 16.0 Å². The number of hydrogen-bond donors (Lipinski definition) is 7. The summed E-state index contributed by atoms with van der Waals surface area (Å²) in [6, 6.07) is 11.1. The molecule has 37 heavy (non-hydrogen) atoms. The van der Waals surface area contributed by atoms with Gasteiger partial charge in [0.2, 0.25) is 17.7 Å². The molecule has 8 N–H and O–H groups in total. The summed E-state index contributed by atoms with van der Waals surface area (Å²) in [5, 5.41) is 34.5. The van der Waals surface area contributed by atoms with Crippen LogP contribution in [0.15, 0.2) is 54.6 Å². The smallest absolute Gasteiger partial charge is 0.322 e. The first-order valence-corrected chi connectivity index (χ1v) is 11.4. The highest BCUT2D eigenvalue weighted by molar-refractivity contribution is 5.94. The Morgan fingerprint density at radius 2 is 1.32 bits per heavy atom. The van der Waals surface area contributed by atoms with E-state index < -0.39 is 60.8 Å². The van der Waals surface area contributed by atoms with E-state index in [0.29, 0.717) is 11.1 Å². The van der Waals surface area contributed by atoms with Crippen molar-refractivity contribution in [2.24, 2.45) is 5.73 Å². The zero-order valence-electron chi connectivity index (χ0n) is 19.9. The third-order valence-corrected chi connectivity index (χ3v) is 5.34. The van der Waals surface area contributed by atoms with Crippen molar-refractivity contribution in [2.45, 2.75) is 43.8 Å². The van der Waals surface area contributed by atoms with Crippen molar-refractivity contribution in [3.8, 4) is 5.75 Å². The normalized spacial score (nSPS) is 13.0. The summed E-state index contributed by atoms with van der Waals surface area (Å²) in [4.78, 5) is 60.4. The third kappa shape index (κ3) is 10.4. The maximum absolute atomic E-state index is 13.1. The number of nitrogens with two attached hydrogens (primary N) is 1. The molecule has 3 amide bonds. The number of carboxylic acids is 2. The maximum atomic E-state index is 13.1. The summed E-state index contributed by atoms with van der Waals surface area (Å²) in [6.07, 6.45) is -0.598. The minimum atomic E-state index is -1.32. The van der Waals surface area contributed by atoms with E-state index in [1.165, 1.54) is 12.1 Å². The molecule has 0 saturated heterocycles. The summed E-state index contributed by atoms with van der Waals surface area (Å²) >= 11 is 0. The van der Waals surface area contributed by atoms with Gasteiger partial charge in [0, 0.05) is 12.8 Å². The van der Waals surface area contributed by atoms with Gasteiger partial charge in [-0.3, -0.25) is 24.0 Å². The second-order valence-corrected chi connectivity index (χ2v) is 8.33. The molecule has 2 aromatic carbocycles. The number of rotatable bonds is 14. The van der Waals surface area contributed by atoms with Gasteiger partial charge in [-0.15, -0.1) is 0 Å². The lowest BCUT2D eigenvalue weighted by Gasteiger charge is -2.24. The Morgan fingerprint density at radius 1 is 0.730 bits per heavy atom. The van der Waals surface area contributed by atoms with Gasteiger partial charge in [0.15, 0.2) is 0 Å². The summed E-state index contributed by atoms with van der Waals surface area (Å²) in [5.41, 5.74) is 7.31. The molecule has 0 aromatic heterocycles. The fourth-order valence-corrected chi connectivity index (χ4v) is 3.41. The van der Waals surface area contributed by atoms with E-state index in [9.17, 15) is 29.1 Å². The lowest BCUT2D eigenvalue weighted by Crippen LogP contribution is -2.56. The number of phenols is 1. The Labute approximate surface area is 212 Å². The van der Waals surface area contributed by atoms with Crippen LogP contribution in [0.1, 0.15) is 24.0 Å². The Kier molecular flexibility index (Phi) is 11.0. The van der Waals surface area contributed by atoms with Crippen molar-refractivity contribution in [1.82, 2.24) is 16.0 Å². The second-order valence-electron chi connectivity index (χ2n) is 8.33. The molecule has 3 unspecified atom stereocenters. The third-order valence-electron chi connectivity index (χ3n) is 5.34. The molecule has 0 aliphatic rings. The fraction of sp³-hybridized carbons (Fsp3) is 0.320. The number of nitrogens with one attached hydrogen (secondary N) is 3. The first-order valence-electron chi connectivity index (χ1n) is 11.4. The average molecular weight is 515 g/mol. The molecule has 0 fully saturated rings. The first kappa shape index (κ1) is 28.8. The van der Waals surface area contributed by atoms with Crippen LogP contribution in [0, 0.1) is 0 Å². The first-order chi connectivity index (χ1) is 17.5.